The van der Waals surface area contributed by atoms with Crippen LogP contribution in [-0.4, -0.2) is 44.7 Å². The zero-order chi connectivity index (χ0) is 19.0. The van der Waals surface area contributed by atoms with Crippen LogP contribution in [0.25, 0.3) is 0 Å². The van der Waals surface area contributed by atoms with Gasteiger partial charge >= 0.3 is 0 Å². The zero-order valence-electron chi connectivity index (χ0n) is 16.0. The summed E-state index contributed by atoms with van der Waals surface area (Å²) in [6.45, 7) is 3.70. The van der Waals surface area contributed by atoms with Crippen molar-refractivity contribution in [3.8, 4) is 0 Å². The highest BCUT2D eigenvalue weighted by Gasteiger charge is 2.39. The van der Waals surface area contributed by atoms with Gasteiger partial charge in [-0.1, -0.05) is 6.92 Å². The predicted molar refractivity (Wildman–Crippen MR) is 99.9 cm³/mol. The molecule has 1 saturated carbocycles. The molecule has 3 aliphatic rings. The molecule has 4 rings (SSSR count). The molecule has 2 fully saturated rings. The van der Waals surface area contributed by atoms with Gasteiger partial charge in [0.15, 0.2) is 0 Å². The SMILES string of the molecule is CCCC(=O)N1CCc2c(nc([C@@H]3CCCCN3C(=O)C3CC3)[nH]c2=O)C1. The first-order valence-electron chi connectivity index (χ1n) is 10.3. The molecule has 7 nitrogen and oxygen atoms in total. The number of amides is 2. The van der Waals surface area contributed by atoms with E-state index in [0.29, 0.717) is 43.0 Å². The minimum absolute atomic E-state index is 0.109. The third-order valence-electron chi connectivity index (χ3n) is 5.94. The van der Waals surface area contributed by atoms with Crippen LogP contribution in [0.15, 0.2) is 4.79 Å². The first-order chi connectivity index (χ1) is 13.1. The second kappa shape index (κ2) is 7.44. The summed E-state index contributed by atoms with van der Waals surface area (Å²) in [6.07, 6.45) is 6.70. The molecule has 27 heavy (non-hydrogen) atoms. The molecule has 1 saturated heterocycles. The van der Waals surface area contributed by atoms with Crippen molar-refractivity contribution in [1.82, 2.24) is 19.8 Å². The zero-order valence-corrected chi connectivity index (χ0v) is 16.0. The lowest BCUT2D eigenvalue weighted by molar-refractivity contribution is -0.136. The molecule has 2 aliphatic heterocycles. The topological polar surface area (TPSA) is 86.4 Å². The highest BCUT2D eigenvalue weighted by atomic mass is 16.2. The molecule has 0 bridgehead atoms. The Balaban J connectivity index is 1.61. The van der Waals surface area contributed by atoms with Gasteiger partial charge in [-0.2, -0.15) is 0 Å². The van der Waals surface area contributed by atoms with Crippen LogP contribution in [-0.2, 0) is 22.6 Å². The van der Waals surface area contributed by atoms with Crippen LogP contribution in [0.2, 0.25) is 0 Å². The molecule has 1 atom stereocenters. The van der Waals surface area contributed by atoms with E-state index in [0.717, 1.165) is 45.1 Å². The number of nitrogens with zero attached hydrogens (tertiary/aromatic N) is 3. The van der Waals surface area contributed by atoms with Gasteiger partial charge in [0, 0.05) is 31.0 Å². The van der Waals surface area contributed by atoms with E-state index in [1.807, 2.05) is 11.8 Å². The Bertz CT molecular complexity index is 799. The van der Waals surface area contributed by atoms with Crippen molar-refractivity contribution in [3.63, 3.8) is 0 Å². The summed E-state index contributed by atoms with van der Waals surface area (Å²) in [5.74, 6) is 1.09. The first-order valence-corrected chi connectivity index (χ1v) is 10.3. The highest BCUT2D eigenvalue weighted by Crippen LogP contribution is 2.37. The number of carbonyl (C=O) groups excluding carboxylic acids is 2. The summed E-state index contributed by atoms with van der Waals surface area (Å²) in [4.78, 5) is 49.0. The van der Waals surface area contributed by atoms with Gasteiger partial charge in [-0.3, -0.25) is 14.4 Å². The minimum atomic E-state index is -0.147. The molecular formula is C20H28N4O3. The van der Waals surface area contributed by atoms with Crippen molar-refractivity contribution in [3.05, 3.63) is 27.4 Å². The van der Waals surface area contributed by atoms with E-state index in [2.05, 4.69) is 4.98 Å². The monoisotopic (exact) mass is 372 g/mol. The summed E-state index contributed by atoms with van der Waals surface area (Å²) < 4.78 is 0. The van der Waals surface area contributed by atoms with Gasteiger partial charge in [0.2, 0.25) is 11.8 Å². The lowest BCUT2D eigenvalue weighted by Crippen LogP contribution is -2.43. The molecule has 1 aliphatic carbocycles. The van der Waals surface area contributed by atoms with Crippen molar-refractivity contribution in [1.29, 1.82) is 0 Å². The van der Waals surface area contributed by atoms with Crippen LogP contribution in [0.3, 0.4) is 0 Å². The third-order valence-corrected chi connectivity index (χ3v) is 5.94. The molecule has 1 aromatic rings. The first kappa shape index (κ1) is 18.2. The number of aromatic nitrogens is 2. The fourth-order valence-corrected chi connectivity index (χ4v) is 4.25. The van der Waals surface area contributed by atoms with E-state index in [1.54, 1.807) is 4.90 Å². The van der Waals surface area contributed by atoms with Crippen molar-refractivity contribution >= 4 is 11.8 Å². The summed E-state index contributed by atoms with van der Waals surface area (Å²) in [6, 6.07) is -0.147. The Labute approximate surface area is 159 Å². The number of aromatic amines is 1. The summed E-state index contributed by atoms with van der Waals surface area (Å²) >= 11 is 0. The van der Waals surface area contributed by atoms with E-state index in [9.17, 15) is 14.4 Å². The molecule has 0 radical (unpaired) electrons. The van der Waals surface area contributed by atoms with Gasteiger partial charge in [-0.15, -0.1) is 0 Å². The molecule has 1 aromatic heterocycles. The third kappa shape index (κ3) is 3.64. The maximum Gasteiger partial charge on any atom is 0.254 e. The summed E-state index contributed by atoms with van der Waals surface area (Å²) in [5.41, 5.74) is 1.28. The number of piperidine rings is 1. The second-order valence-electron chi connectivity index (χ2n) is 8.01. The fraction of sp³-hybridized carbons (Fsp3) is 0.700. The number of H-pyrrole nitrogens is 1. The summed E-state index contributed by atoms with van der Waals surface area (Å²) in [7, 11) is 0. The van der Waals surface area contributed by atoms with E-state index >= 15 is 0 Å². The van der Waals surface area contributed by atoms with E-state index in [1.165, 1.54) is 0 Å². The second-order valence-corrected chi connectivity index (χ2v) is 8.01. The number of fused-ring (bicyclic) bond motifs is 1. The van der Waals surface area contributed by atoms with Crippen molar-refractivity contribution in [2.45, 2.75) is 70.9 Å². The quantitative estimate of drug-likeness (QED) is 0.875. The number of hydrogen-bond donors (Lipinski definition) is 1. The minimum Gasteiger partial charge on any atom is -0.336 e. The van der Waals surface area contributed by atoms with Gasteiger partial charge in [0.1, 0.15) is 5.82 Å². The van der Waals surface area contributed by atoms with Gasteiger partial charge in [-0.25, -0.2) is 4.98 Å². The van der Waals surface area contributed by atoms with E-state index < -0.39 is 0 Å². The number of rotatable bonds is 4. The van der Waals surface area contributed by atoms with E-state index in [4.69, 9.17) is 4.98 Å². The summed E-state index contributed by atoms with van der Waals surface area (Å²) in [5, 5.41) is 0. The molecular weight excluding hydrogens is 344 g/mol. The van der Waals surface area contributed by atoms with Gasteiger partial charge < -0.3 is 14.8 Å². The van der Waals surface area contributed by atoms with Crippen LogP contribution in [0.5, 0.6) is 0 Å². The highest BCUT2D eigenvalue weighted by molar-refractivity contribution is 5.81. The molecule has 0 aromatic carbocycles. The molecule has 0 unspecified atom stereocenters. The Hall–Kier alpha value is -2.18. The Kier molecular flexibility index (Phi) is 5.02. The largest absolute Gasteiger partial charge is 0.336 e. The van der Waals surface area contributed by atoms with Gasteiger partial charge in [0.25, 0.3) is 5.56 Å². The Morgan fingerprint density at radius 3 is 2.74 bits per heavy atom. The molecule has 1 N–H and O–H groups in total. The molecule has 146 valence electrons. The Morgan fingerprint density at radius 2 is 2.00 bits per heavy atom. The number of hydrogen-bond acceptors (Lipinski definition) is 4. The van der Waals surface area contributed by atoms with Gasteiger partial charge in [-0.05, 0) is 44.9 Å². The molecule has 7 heteroatoms. The molecule has 2 amide bonds. The van der Waals surface area contributed by atoms with Crippen molar-refractivity contribution < 1.29 is 9.59 Å². The van der Waals surface area contributed by atoms with E-state index in [-0.39, 0.29) is 29.3 Å². The van der Waals surface area contributed by atoms with Crippen molar-refractivity contribution in [2.24, 2.45) is 5.92 Å². The lowest BCUT2D eigenvalue weighted by Gasteiger charge is -2.36. The smallest absolute Gasteiger partial charge is 0.254 e. The van der Waals surface area contributed by atoms with Gasteiger partial charge in [0.05, 0.1) is 18.3 Å². The van der Waals surface area contributed by atoms with Crippen LogP contribution in [0.1, 0.15) is 75.0 Å². The number of likely N-dealkylation sites (tertiary alicyclic amines) is 1. The average Bonchev–Trinajstić information content (AvgIpc) is 3.52. The average molecular weight is 372 g/mol. The van der Waals surface area contributed by atoms with Crippen molar-refractivity contribution in [2.75, 3.05) is 13.1 Å². The number of carbonyl (C=O) groups is 2. The standard InChI is InChI=1S/C20H28N4O3/c1-2-5-17(25)23-11-9-14-15(12-23)21-18(22-19(14)26)16-6-3-4-10-24(16)20(27)13-7-8-13/h13,16H,2-12H2,1H3,(H,21,22,26)/t16-/m0/s1. The molecule has 0 spiro atoms. The normalized spacial score (nSPS) is 22.5. The Morgan fingerprint density at radius 1 is 1.19 bits per heavy atom. The van der Waals surface area contributed by atoms with Crippen LogP contribution in [0.4, 0.5) is 0 Å². The number of nitrogens with one attached hydrogen (secondary N) is 1. The van der Waals surface area contributed by atoms with Crippen LogP contribution in [0, 0.1) is 5.92 Å². The predicted octanol–water partition coefficient (Wildman–Crippen LogP) is 1.92. The maximum absolute atomic E-state index is 12.7. The molecule has 3 heterocycles. The van der Waals surface area contributed by atoms with Crippen LogP contribution >= 0.6 is 0 Å². The lowest BCUT2D eigenvalue weighted by atomic mass is 9.99. The maximum atomic E-state index is 12.7. The van der Waals surface area contributed by atoms with Crippen LogP contribution < -0.4 is 5.56 Å². The fourth-order valence-electron chi connectivity index (χ4n) is 4.25.